The van der Waals surface area contributed by atoms with E-state index in [1.54, 1.807) is 18.2 Å². The second kappa shape index (κ2) is 6.26. The van der Waals surface area contributed by atoms with E-state index in [4.69, 9.17) is 21.6 Å². The molecule has 0 heterocycles. The molecular weight excluding hydrogens is 217 g/mol. The van der Waals surface area contributed by atoms with Gasteiger partial charge in [-0.3, -0.25) is 4.39 Å². The van der Waals surface area contributed by atoms with Gasteiger partial charge in [0.15, 0.2) is 0 Å². The zero-order valence-electron chi connectivity index (χ0n) is 8.17. The fourth-order valence-electron chi connectivity index (χ4n) is 1.09. The number of hydrogen-bond acceptors (Lipinski definition) is 2. The predicted molar refractivity (Wildman–Crippen MR) is 56.9 cm³/mol. The molecule has 1 rings (SSSR count). The van der Waals surface area contributed by atoms with Crippen molar-refractivity contribution in [2.45, 2.75) is 12.8 Å². The van der Waals surface area contributed by atoms with Crippen molar-refractivity contribution >= 4 is 11.6 Å². The Morgan fingerprint density at radius 1 is 1.40 bits per heavy atom. The fourth-order valence-corrected chi connectivity index (χ4v) is 1.31. The van der Waals surface area contributed by atoms with Gasteiger partial charge >= 0.3 is 0 Å². The molecule has 1 aromatic rings. The van der Waals surface area contributed by atoms with Gasteiger partial charge < -0.3 is 4.74 Å². The Morgan fingerprint density at radius 2 is 2.20 bits per heavy atom. The first-order valence-corrected chi connectivity index (χ1v) is 5.04. The molecule has 0 saturated carbocycles. The minimum Gasteiger partial charge on any atom is -0.492 e. The predicted octanol–water partition coefficient (Wildman–Crippen LogP) is 3.34. The molecule has 2 nitrogen and oxygen atoms in total. The van der Waals surface area contributed by atoms with Crippen molar-refractivity contribution < 1.29 is 9.13 Å². The van der Waals surface area contributed by atoms with Crippen molar-refractivity contribution in [3.8, 4) is 11.8 Å². The van der Waals surface area contributed by atoms with Gasteiger partial charge in [-0.2, -0.15) is 5.26 Å². The van der Waals surface area contributed by atoms with Gasteiger partial charge in [0.25, 0.3) is 0 Å². The van der Waals surface area contributed by atoms with E-state index in [1.165, 1.54) is 0 Å². The lowest BCUT2D eigenvalue weighted by molar-refractivity contribution is 0.297. The van der Waals surface area contributed by atoms with E-state index in [-0.39, 0.29) is 6.67 Å². The third kappa shape index (κ3) is 3.41. The van der Waals surface area contributed by atoms with Crippen LogP contribution in [-0.2, 0) is 0 Å². The average molecular weight is 228 g/mol. The number of unbranched alkanes of at least 4 members (excludes halogenated alkanes) is 1. The molecule has 0 bridgehead atoms. The van der Waals surface area contributed by atoms with Crippen LogP contribution in [0.2, 0.25) is 5.02 Å². The van der Waals surface area contributed by atoms with Gasteiger partial charge in [0.05, 0.1) is 18.8 Å². The van der Waals surface area contributed by atoms with E-state index < -0.39 is 0 Å². The maximum Gasteiger partial charge on any atom is 0.139 e. The summed E-state index contributed by atoms with van der Waals surface area (Å²) in [5.74, 6) is 0.481. The molecule has 0 amide bonds. The van der Waals surface area contributed by atoms with E-state index >= 15 is 0 Å². The summed E-state index contributed by atoms with van der Waals surface area (Å²) in [7, 11) is 0. The van der Waals surface area contributed by atoms with Crippen molar-refractivity contribution in [2.75, 3.05) is 13.3 Å². The molecule has 0 aliphatic rings. The number of nitrogens with zero attached hydrogens (tertiary/aromatic N) is 1. The van der Waals surface area contributed by atoms with Crippen LogP contribution in [0.4, 0.5) is 4.39 Å². The summed E-state index contributed by atoms with van der Waals surface area (Å²) in [6.45, 7) is 0.0772. The van der Waals surface area contributed by atoms with Gasteiger partial charge in [-0.25, -0.2) is 0 Å². The maximum atomic E-state index is 11.8. The lowest BCUT2D eigenvalue weighted by Gasteiger charge is -2.07. The van der Waals surface area contributed by atoms with Crippen LogP contribution in [-0.4, -0.2) is 13.3 Å². The van der Waals surface area contributed by atoms with Gasteiger partial charge in [-0.05, 0) is 25.0 Å². The summed E-state index contributed by atoms with van der Waals surface area (Å²) in [6.07, 6.45) is 1.12. The van der Waals surface area contributed by atoms with Gasteiger partial charge in [0, 0.05) is 0 Å². The van der Waals surface area contributed by atoms with Crippen molar-refractivity contribution in [1.29, 1.82) is 5.26 Å². The van der Waals surface area contributed by atoms with E-state index in [0.29, 0.717) is 35.8 Å². The Kier molecular flexibility index (Phi) is 4.92. The highest BCUT2D eigenvalue weighted by Gasteiger charge is 2.05. The quantitative estimate of drug-likeness (QED) is 0.723. The van der Waals surface area contributed by atoms with Crippen LogP contribution in [0, 0.1) is 11.3 Å². The molecule has 0 unspecified atom stereocenters. The van der Waals surface area contributed by atoms with Gasteiger partial charge in [-0.15, -0.1) is 0 Å². The molecule has 0 aliphatic carbocycles. The van der Waals surface area contributed by atoms with E-state index in [1.807, 2.05) is 6.07 Å². The SMILES string of the molecule is N#Cc1cccc(OCCCCF)c1Cl. The Morgan fingerprint density at radius 3 is 2.87 bits per heavy atom. The highest BCUT2D eigenvalue weighted by molar-refractivity contribution is 6.33. The first-order chi connectivity index (χ1) is 7.29. The molecule has 0 aromatic heterocycles. The van der Waals surface area contributed by atoms with Gasteiger partial charge in [-0.1, -0.05) is 17.7 Å². The number of ether oxygens (including phenoxy) is 1. The van der Waals surface area contributed by atoms with E-state index in [2.05, 4.69) is 0 Å². The molecule has 0 N–H and O–H groups in total. The summed E-state index contributed by atoms with van der Waals surface area (Å²) in [5.41, 5.74) is 0.389. The largest absolute Gasteiger partial charge is 0.492 e. The van der Waals surface area contributed by atoms with Crippen molar-refractivity contribution in [1.82, 2.24) is 0 Å². The molecule has 0 saturated heterocycles. The van der Waals surface area contributed by atoms with Crippen LogP contribution in [0.15, 0.2) is 18.2 Å². The lowest BCUT2D eigenvalue weighted by Crippen LogP contribution is -1.98. The van der Waals surface area contributed by atoms with Gasteiger partial charge in [0.1, 0.15) is 16.8 Å². The topological polar surface area (TPSA) is 33.0 Å². The molecule has 0 atom stereocenters. The smallest absolute Gasteiger partial charge is 0.139 e. The summed E-state index contributed by atoms with van der Waals surface area (Å²) >= 11 is 5.90. The minimum absolute atomic E-state index is 0.320. The Labute approximate surface area is 93.2 Å². The highest BCUT2D eigenvalue weighted by atomic mass is 35.5. The third-order valence-electron chi connectivity index (χ3n) is 1.87. The van der Waals surface area contributed by atoms with Crippen LogP contribution in [0.3, 0.4) is 0 Å². The van der Waals surface area contributed by atoms with Crippen LogP contribution in [0.5, 0.6) is 5.75 Å². The lowest BCUT2D eigenvalue weighted by atomic mass is 10.2. The Hall–Kier alpha value is -1.27. The minimum atomic E-state index is -0.338. The summed E-state index contributed by atoms with van der Waals surface area (Å²) in [5, 5.41) is 9.03. The molecule has 1 aromatic carbocycles. The first-order valence-electron chi connectivity index (χ1n) is 4.67. The normalized spacial score (nSPS) is 9.67. The third-order valence-corrected chi connectivity index (χ3v) is 2.26. The summed E-state index contributed by atoms with van der Waals surface area (Å²) in [6, 6.07) is 6.98. The summed E-state index contributed by atoms with van der Waals surface area (Å²) in [4.78, 5) is 0. The molecule has 4 heteroatoms. The standard InChI is InChI=1S/C11H11ClFNO/c12-11-9(8-14)4-3-5-10(11)15-7-2-1-6-13/h3-5H,1-2,6-7H2. The van der Waals surface area contributed by atoms with Crippen molar-refractivity contribution in [3.63, 3.8) is 0 Å². The number of rotatable bonds is 5. The van der Waals surface area contributed by atoms with Crippen molar-refractivity contribution in [3.05, 3.63) is 28.8 Å². The number of hydrogen-bond donors (Lipinski definition) is 0. The average Bonchev–Trinajstić information content (AvgIpc) is 2.26. The van der Waals surface area contributed by atoms with Crippen molar-refractivity contribution in [2.24, 2.45) is 0 Å². The van der Waals surface area contributed by atoms with Crippen LogP contribution in [0.25, 0.3) is 0 Å². The van der Waals surface area contributed by atoms with E-state index in [9.17, 15) is 4.39 Å². The Balaban J connectivity index is 2.58. The number of alkyl halides is 1. The van der Waals surface area contributed by atoms with Crippen LogP contribution in [0.1, 0.15) is 18.4 Å². The molecule has 0 spiro atoms. The molecule has 0 aliphatic heterocycles. The number of nitriles is 1. The number of halogens is 2. The molecular formula is C11H11ClFNO. The Bertz CT molecular complexity index is 362. The highest BCUT2D eigenvalue weighted by Crippen LogP contribution is 2.27. The molecule has 0 fully saturated rings. The van der Waals surface area contributed by atoms with Gasteiger partial charge in [0.2, 0.25) is 0 Å². The summed E-state index contributed by atoms with van der Waals surface area (Å²) < 4.78 is 17.1. The van der Waals surface area contributed by atoms with Crippen LogP contribution < -0.4 is 4.74 Å². The molecule has 0 radical (unpaired) electrons. The second-order valence-corrected chi connectivity index (χ2v) is 3.35. The van der Waals surface area contributed by atoms with Crippen LogP contribution >= 0.6 is 11.6 Å². The second-order valence-electron chi connectivity index (χ2n) is 2.97. The molecule has 15 heavy (non-hydrogen) atoms. The first kappa shape index (κ1) is 11.8. The maximum absolute atomic E-state index is 11.8. The zero-order chi connectivity index (χ0) is 11.1. The monoisotopic (exact) mass is 227 g/mol. The zero-order valence-corrected chi connectivity index (χ0v) is 8.93. The van der Waals surface area contributed by atoms with E-state index in [0.717, 1.165) is 0 Å². The number of benzene rings is 1. The fraction of sp³-hybridized carbons (Fsp3) is 0.364. The molecule has 80 valence electrons.